The molecule has 0 amide bonds. The Morgan fingerprint density at radius 1 is 0.941 bits per heavy atom. The van der Waals surface area contributed by atoms with Crippen molar-refractivity contribution in [3.63, 3.8) is 0 Å². The summed E-state index contributed by atoms with van der Waals surface area (Å²) in [6, 6.07) is 10.3. The quantitative estimate of drug-likeness (QED) is 0.745. The molecule has 0 bridgehead atoms. The highest BCUT2D eigenvalue weighted by atomic mass is 35.5. The minimum absolute atomic E-state index is 0.0315. The first-order valence-corrected chi connectivity index (χ1v) is 5.16. The molecule has 2 rings (SSSR count). The number of benzene rings is 2. The lowest BCUT2D eigenvalue weighted by Gasteiger charge is -2.06. The predicted octanol–water partition coefficient (Wildman–Crippen LogP) is 4.16. The molecular weight excluding hydrogens is 244 g/mol. The lowest BCUT2D eigenvalue weighted by Crippen LogP contribution is -1.92. The molecule has 4 heteroatoms. The summed E-state index contributed by atoms with van der Waals surface area (Å²) in [6.45, 7) is 0. The van der Waals surface area contributed by atoms with Gasteiger partial charge in [0.05, 0.1) is 10.6 Å². The molecule has 0 aliphatic rings. The summed E-state index contributed by atoms with van der Waals surface area (Å²) < 4.78 is 27.6. The van der Waals surface area contributed by atoms with Crippen LogP contribution >= 0.6 is 11.6 Å². The number of rotatable bonds is 1. The Bertz CT molecular complexity index is 617. The molecule has 0 saturated carbocycles. The zero-order valence-electron chi connectivity index (χ0n) is 8.55. The van der Waals surface area contributed by atoms with Crippen LogP contribution < -0.4 is 0 Å². The molecule has 0 heterocycles. The summed E-state index contributed by atoms with van der Waals surface area (Å²) in [6.07, 6.45) is 0. The van der Waals surface area contributed by atoms with Crippen molar-refractivity contribution in [2.75, 3.05) is 0 Å². The monoisotopic (exact) mass is 249 g/mol. The van der Waals surface area contributed by atoms with Gasteiger partial charge < -0.3 is 0 Å². The van der Waals surface area contributed by atoms with Gasteiger partial charge in [-0.15, -0.1) is 0 Å². The Labute approximate surface area is 102 Å². The van der Waals surface area contributed by atoms with Crippen LogP contribution in [0.25, 0.3) is 11.1 Å². The van der Waals surface area contributed by atoms with Crippen molar-refractivity contribution in [2.24, 2.45) is 0 Å². The van der Waals surface area contributed by atoms with E-state index in [0.717, 1.165) is 0 Å². The average Bonchev–Trinajstić information content (AvgIpc) is 2.33. The van der Waals surface area contributed by atoms with Crippen LogP contribution in [0.2, 0.25) is 5.02 Å². The Balaban J connectivity index is 2.70. The lowest BCUT2D eigenvalue weighted by atomic mass is 10.0. The fourth-order valence-electron chi connectivity index (χ4n) is 1.54. The molecule has 0 aliphatic carbocycles. The van der Waals surface area contributed by atoms with E-state index in [1.165, 1.54) is 36.4 Å². The van der Waals surface area contributed by atoms with Crippen LogP contribution in [0.4, 0.5) is 8.78 Å². The molecule has 0 aliphatic heterocycles. The molecule has 0 saturated heterocycles. The van der Waals surface area contributed by atoms with Crippen LogP contribution in [0, 0.1) is 23.0 Å². The van der Waals surface area contributed by atoms with E-state index in [2.05, 4.69) is 0 Å². The van der Waals surface area contributed by atoms with Gasteiger partial charge in [-0.05, 0) is 12.1 Å². The van der Waals surface area contributed by atoms with Crippen LogP contribution in [-0.2, 0) is 0 Å². The van der Waals surface area contributed by atoms with E-state index in [1.54, 1.807) is 6.07 Å². The molecular formula is C13H6ClF2N. The SMILES string of the molecule is N#Cc1cccc(-c2cccc(Cl)c2F)c1F. The first kappa shape index (κ1) is 11.6. The summed E-state index contributed by atoms with van der Waals surface area (Å²) in [5.41, 5.74) is -0.0435. The first-order chi connectivity index (χ1) is 8.15. The second-order valence-corrected chi connectivity index (χ2v) is 3.79. The van der Waals surface area contributed by atoms with Gasteiger partial charge in [0, 0.05) is 11.1 Å². The summed E-state index contributed by atoms with van der Waals surface area (Å²) >= 11 is 5.63. The fourth-order valence-corrected chi connectivity index (χ4v) is 1.71. The predicted molar refractivity (Wildman–Crippen MR) is 61.5 cm³/mol. The number of nitriles is 1. The average molecular weight is 250 g/mol. The van der Waals surface area contributed by atoms with Gasteiger partial charge in [-0.3, -0.25) is 0 Å². The summed E-state index contributed by atoms with van der Waals surface area (Å²) in [7, 11) is 0. The Morgan fingerprint density at radius 2 is 1.53 bits per heavy atom. The zero-order valence-corrected chi connectivity index (χ0v) is 9.30. The van der Waals surface area contributed by atoms with Crippen LogP contribution in [0.3, 0.4) is 0 Å². The van der Waals surface area contributed by atoms with Crippen LogP contribution in [0.5, 0.6) is 0 Å². The molecule has 1 nitrogen and oxygen atoms in total. The molecule has 17 heavy (non-hydrogen) atoms. The van der Waals surface area contributed by atoms with E-state index in [-0.39, 0.29) is 21.7 Å². The smallest absolute Gasteiger partial charge is 0.149 e. The third kappa shape index (κ3) is 2.00. The van der Waals surface area contributed by atoms with Crippen LogP contribution in [-0.4, -0.2) is 0 Å². The minimum Gasteiger partial charge on any atom is -0.205 e. The second-order valence-electron chi connectivity index (χ2n) is 3.38. The van der Waals surface area contributed by atoms with E-state index in [0.29, 0.717) is 0 Å². The molecule has 0 radical (unpaired) electrons. The zero-order chi connectivity index (χ0) is 12.4. The number of hydrogen-bond donors (Lipinski definition) is 0. The van der Waals surface area contributed by atoms with Crippen molar-refractivity contribution in [1.29, 1.82) is 5.26 Å². The lowest BCUT2D eigenvalue weighted by molar-refractivity contribution is 0.614. The number of nitrogens with zero attached hydrogens (tertiary/aromatic N) is 1. The van der Waals surface area contributed by atoms with Gasteiger partial charge in [0.1, 0.15) is 17.7 Å². The van der Waals surface area contributed by atoms with E-state index in [9.17, 15) is 8.78 Å². The molecule has 0 atom stereocenters. The van der Waals surface area contributed by atoms with Crippen LogP contribution in [0.1, 0.15) is 5.56 Å². The van der Waals surface area contributed by atoms with Gasteiger partial charge in [0.15, 0.2) is 0 Å². The van der Waals surface area contributed by atoms with E-state index in [1.807, 2.05) is 0 Å². The van der Waals surface area contributed by atoms with Gasteiger partial charge in [-0.25, -0.2) is 8.78 Å². The highest BCUT2D eigenvalue weighted by molar-refractivity contribution is 6.31. The summed E-state index contributed by atoms with van der Waals surface area (Å²) in [5, 5.41) is 8.62. The molecule has 2 aromatic carbocycles. The van der Waals surface area contributed by atoms with E-state index in [4.69, 9.17) is 16.9 Å². The van der Waals surface area contributed by atoms with Gasteiger partial charge in [-0.1, -0.05) is 35.9 Å². The molecule has 2 aromatic rings. The maximum absolute atomic E-state index is 13.8. The third-order valence-electron chi connectivity index (χ3n) is 2.36. The molecule has 0 fully saturated rings. The Kier molecular flexibility index (Phi) is 3.08. The molecule has 84 valence electrons. The number of halogens is 3. The van der Waals surface area contributed by atoms with Gasteiger partial charge in [-0.2, -0.15) is 5.26 Å². The third-order valence-corrected chi connectivity index (χ3v) is 2.65. The Hall–Kier alpha value is -1.92. The fraction of sp³-hybridized carbons (Fsp3) is 0. The summed E-state index contributed by atoms with van der Waals surface area (Å²) in [5.74, 6) is -1.43. The molecule has 0 aromatic heterocycles. The maximum atomic E-state index is 13.8. The highest BCUT2D eigenvalue weighted by Crippen LogP contribution is 2.30. The second kappa shape index (κ2) is 4.52. The van der Waals surface area contributed by atoms with Crippen molar-refractivity contribution in [2.45, 2.75) is 0 Å². The molecule has 0 N–H and O–H groups in total. The van der Waals surface area contributed by atoms with E-state index < -0.39 is 11.6 Å². The van der Waals surface area contributed by atoms with Crippen molar-refractivity contribution in [3.8, 4) is 17.2 Å². The first-order valence-electron chi connectivity index (χ1n) is 4.78. The van der Waals surface area contributed by atoms with Crippen molar-refractivity contribution in [1.82, 2.24) is 0 Å². The van der Waals surface area contributed by atoms with Crippen molar-refractivity contribution < 1.29 is 8.78 Å². The van der Waals surface area contributed by atoms with Gasteiger partial charge in [0.25, 0.3) is 0 Å². The normalized spacial score (nSPS) is 10.0. The standard InChI is InChI=1S/C13H6ClF2N/c14-11-6-2-5-10(13(11)16)9-4-1-3-8(7-17)12(9)15/h1-6H. The topological polar surface area (TPSA) is 23.8 Å². The van der Waals surface area contributed by atoms with Gasteiger partial charge >= 0.3 is 0 Å². The number of hydrogen-bond acceptors (Lipinski definition) is 1. The highest BCUT2D eigenvalue weighted by Gasteiger charge is 2.14. The molecule has 0 unspecified atom stereocenters. The van der Waals surface area contributed by atoms with Gasteiger partial charge in [0.2, 0.25) is 0 Å². The minimum atomic E-state index is -0.740. The summed E-state index contributed by atoms with van der Waals surface area (Å²) in [4.78, 5) is 0. The largest absolute Gasteiger partial charge is 0.205 e. The Morgan fingerprint density at radius 3 is 2.18 bits per heavy atom. The maximum Gasteiger partial charge on any atom is 0.149 e. The van der Waals surface area contributed by atoms with Crippen molar-refractivity contribution >= 4 is 11.6 Å². The van der Waals surface area contributed by atoms with Crippen LogP contribution in [0.15, 0.2) is 36.4 Å². The van der Waals surface area contributed by atoms with Crippen molar-refractivity contribution in [3.05, 3.63) is 58.6 Å². The molecule has 0 spiro atoms. The van der Waals surface area contributed by atoms with E-state index >= 15 is 0 Å².